The summed E-state index contributed by atoms with van der Waals surface area (Å²) in [4.78, 5) is 32.7. The Morgan fingerprint density at radius 3 is 2.44 bits per heavy atom. The minimum atomic E-state index is -0.973. The highest BCUT2D eigenvalue weighted by Gasteiger charge is 2.48. The van der Waals surface area contributed by atoms with Crippen molar-refractivity contribution in [1.29, 1.82) is 0 Å². The second-order valence-corrected chi connectivity index (χ2v) is 9.61. The molecule has 0 unspecified atom stereocenters. The van der Waals surface area contributed by atoms with Crippen LogP contribution in [-0.2, 0) is 9.59 Å². The SMILES string of the molecule is CCOc1ccc(C(O)=C2C(=O)C(=O)N(c3nc4c(C)cc(C)cc4s3)[C@@H]2c2ccc(F)cc2)cc1. The fourth-order valence-corrected chi connectivity index (χ4v) is 5.65. The Labute approximate surface area is 211 Å². The van der Waals surface area contributed by atoms with Gasteiger partial charge in [-0.2, -0.15) is 0 Å². The van der Waals surface area contributed by atoms with Crippen molar-refractivity contribution in [2.24, 2.45) is 0 Å². The number of ether oxygens (including phenoxy) is 1. The number of benzene rings is 3. The molecule has 0 saturated carbocycles. The van der Waals surface area contributed by atoms with E-state index >= 15 is 0 Å². The third-order valence-corrected chi connectivity index (χ3v) is 7.10. The first-order valence-electron chi connectivity index (χ1n) is 11.5. The molecule has 182 valence electrons. The molecule has 1 atom stereocenters. The standard InChI is InChI=1S/C28H23FN2O4S/c1-4-35-20-11-7-18(8-12-20)25(32)22-24(17-5-9-19(29)10-6-17)31(27(34)26(22)33)28-30-23-16(3)13-15(2)14-21(23)36-28/h5-14,24,32H,4H2,1-3H3/t24-/m1/s1. The number of carbonyl (C=O) groups is 2. The number of aliphatic hydroxyl groups is 1. The van der Waals surface area contributed by atoms with Crippen molar-refractivity contribution in [3.8, 4) is 5.75 Å². The zero-order valence-corrected chi connectivity index (χ0v) is 20.7. The molecule has 1 amide bonds. The molecule has 3 aromatic carbocycles. The van der Waals surface area contributed by atoms with E-state index in [1.54, 1.807) is 24.3 Å². The number of aryl methyl sites for hydroxylation is 2. The van der Waals surface area contributed by atoms with Gasteiger partial charge in [0.25, 0.3) is 5.78 Å². The third-order valence-electron chi connectivity index (χ3n) is 6.09. The second-order valence-electron chi connectivity index (χ2n) is 8.60. The minimum absolute atomic E-state index is 0.0806. The molecule has 1 saturated heterocycles. The van der Waals surface area contributed by atoms with Crippen LogP contribution in [0.15, 0.2) is 66.2 Å². The van der Waals surface area contributed by atoms with Gasteiger partial charge in [0.15, 0.2) is 5.13 Å². The number of nitrogens with zero attached hydrogens (tertiary/aromatic N) is 2. The van der Waals surface area contributed by atoms with Crippen LogP contribution in [0, 0.1) is 19.7 Å². The lowest BCUT2D eigenvalue weighted by Crippen LogP contribution is -2.29. The number of hydrogen-bond acceptors (Lipinski definition) is 6. The molecule has 5 rings (SSSR count). The van der Waals surface area contributed by atoms with Crippen molar-refractivity contribution >= 4 is 44.1 Å². The Balaban J connectivity index is 1.69. The number of aliphatic hydroxyl groups excluding tert-OH is 1. The van der Waals surface area contributed by atoms with Crippen LogP contribution >= 0.6 is 11.3 Å². The number of halogens is 1. The lowest BCUT2D eigenvalue weighted by molar-refractivity contribution is -0.132. The van der Waals surface area contributed by atoms with Crippen LogP contribution in [0.1, 0.15) is 35.2 Å². The maximum Gasteiger partial charge on any atom is 0.301 e. The van der Waals surface area contributed by atoms with E-state index in [0.717, 1.165) is 21.3 Å². The van der Waals surface area contributed by atoms with Gasteiger partial charge in [0.05, 0.1) is 28.4 Å². The average Bonchev–Trinajstić information content (AvgIpc) is 3.38. The molecule has 1 fully saturated rings. The molecular formula is C28H23FN2O4S. The van der Waals surface area contributed by atoms with Crippen LogP contribution in [0.5, 0.6) is 5.75 Å². The van der Waals surface area contributed by atoms with Gasteiger partial charge in [0.1, 0.15) is 17.3 Å². The lowest BCUT2D eigenvalue weighted by atomic mass is 9.95. The van der Waals surface area contributed by atoms with Crippen LogP contribution in [0.2, 0.25) is 0 Å². The molecule has 0 spiro atoms. The van der Waals surface area contributed by atoms with Gasteiger partial charge >= 0.3 is 5.91 Å². The van der Waals surface area contributed by atoms with Crippen LogP contribution in [0.3, 0.4) is 0 Å². The topological polar surface area (TPSA) is 79.7 Å². The molecule has 8 heteroatoms. The summed E-state index contributed by atoms with van der Waals surface area (Å²) in [6.07, 6.45) is 0. The maximum atomic E-state index is 13.8. The first-order chi connectivity index (χ1) is 17.3. The minimum Gasteiger partial charge on any atom is -0.507 e. The molecule has 0 aliphatic carbocycles. The Morgan fingerprint density at radius 1 is 1.08 bits per heavy atom. The number of fused-ring (bicyclic) bond motifs is 1. The van der Waals surface area contributed by atoms with E-state index in [1.165, 1.54) is 40.5 Å². The molecule has 36 heavy (non-hydrogen) atoms. The highest BCUT2D eigenvalue weighted by Crippen LogP contribution is 2.44. The van der Waals surface area contributed by atoms with Gasteiger partial charge in [-0.05, 0) is 79.9 Å². The fourth-order valence-electron chi connectivity index (χ4n) is 4.48. The van der Waals surface area contributed by atoms with Crippen LogP contribution < -0.4 is 9.64 Å². The predicted octanol–water partition coefficient (Wildman–Crippen LogP) is 6.08. The van der Waals surface area contributed by atoms with Crippen LogP contribution in [0.25, 0.3) is 16.0 Å². The van der Waals surface area contributed by atoms with Gasteiger partial charge < -0.3 is 9.84 Å². The number of Topliss-reactive ketones (excluding diaryl/α,β-unsaturated/α-hetero) is 1. The molecule has 1 aliphatic heterocycles. The summed E-state index contributed by atoms with van der Waals surface area (Å²) in [6.45, 7) is 6.27. The molecule has 1 aliphatic rings. The molecule has 6 nitrogen and oxygen atoms in total. The number of aromatic nitrogens is 1. The van der Waals surface area contributed by atoms with Crippen molar-refractivity contribution in [1.82, 2.24) is 4.98 Å². The summed E-state index contributed by atoms with van der Waals surface area (Å²) in [5.41, 5.74) is 3.52. The smallest absolute Gasteiger partial charge is 0.301 e. The zero-order valence-electron chi connectivity index (χ0n) is 19.9. The van der Waals surface area contributed by atoms with Crippen molar-refractivity contribution in [3.63, 3.8) is 0 Å². The van der Waals surface area contributed by atoms with Crippen molar-refractivity contribution < 1.29 is 23.8 Å². The molecule has 0 radical (unpaired) electrons. The highest BCUT2D eigenvalue weighted by atomic mass is 32.1. The number of carbonyl (C=O) groups excluding carboxylic acids is 2. The van der Waals surface area contributed by atoms with Gasteiger partial charge in [-0.3, -0.25) is 14.5 Å². The molecule has 1 aromatic heterocycles. The predicted molar refractivity (Wildman–Crippen MR) is 138 cm³/mol. The summed E-state index contributed by atoms with van der Waals surface area (Å²) in [5, 5.41) is 11.6. The summed E-state index contributed by atoms with van der Waals surface area (Å²) in [5.74, 6) is -1.78. The van der Waals surface area contributed by atoms with Gasteiger partial charge in [0, 0.05) is 5.56 Å². The first kappa shape index (κ1) is 23.7. The number of amides is 1. The molecular weight excluding hydrogens is 479 g/mol. The summed E-state index contributed by atoms with van der Waals surface area (Å²) in [6, 6.07) is 15.2. The van der Waals surface area contributed by atoms with Crippen molar-refractivity contribution in [2.75, 3.05) is 11.5 Å². The summed E-state index contributed by atoms with van der Waals surface area (Å²) >= 11 is 1.29. The monoisotopic (exact) mass is 502 g/mol. The molecule has 1 N–H and O–H groups in total. The number of ketones is 1. The molecule has 2 heterocycles. The number of rotatable bonds is 5. The van der Waals surface area contributed by atoms with E-state index in [0.29, 0.717) is 28.6 Å². The number of thiazole rings is 1. The Hall–Kier alpha value is -4.04. The molecule has 4 aromatic rings. The van der Waals surface area contributed by atoms with Gasteiger partial charge in [-0.1, -0.05) is 29.5 Å². The van der Waals surface area contributed by atoms with E-state index in [1.807, 2.05) is 32.9 Å². The van der Waals surface area contributed by atoms with Crippen molar-refractivity contribution in [2.45, 2.75) is 26.8 Å². The largest absolute Gasteiger partial charge is 0.507 e. The van der Waals surface area contributed by atoms with E-state index < -0.39 is 23.5 Å². The van der Waals surface area contributed by atoms with E-state index in [9.17, 15) is 19.1 Å². The lowest BCUT2D eigenvalue weighted by Gasteiger charge is -2.23. The molecule has 0 bridgehead atoms. The second kappa shape index (κ2) is 9.20. The fraction of sp³-hybridized carbons (Fsp3) is 0.179. The third kappa shape index (κ3) is 4.03. The highest BCUT2D eigenvalue weighted by molar-refractivity contribution is 7.22. The number of anilines is 1. The maximum absolute atomic E-state index is 13.8. The summed E-state index contributed by atoms with van der Waals surface area (Å²) in [7, 11) is 0. The van der Waals surface area contributed by atoms with E-state index in [4.69, 9.17) is 4.74 Å². The quantitative estimate of drug-likeness (QED) is 0.203. The van der Waals surface area contributed by atoms with Crippen LogP contribution in [0.4, 0.5) is 9.52 Å². The summed E-state index contributed by atoms with van der Waals surface area (Å²) < 4.78 is 20.1. The van der Waals surface area contributed by atoms with E-state index in [-0.39, 0.29) is 11.3 Å². The van der Waals surface area contributed by atoms with Crippen LogP contribution in [-0.4, -0.2) is 28.4 Å². The van der Waals surface area contributed by atoms with E-state index in [2.05, 4.69) is 4.98 Å². The Bertz CT molecular complexity index is 1520. The Morgan fingerprint density at radius 2 is 1.78 bits per heavy atom. The zero-order chi connectivity index (χ0) is 25.6. The average molecular weight is 503 g/mol. The van der Waals surface area contributed by atoms with Crippen molar-refractivity contribution in [3.05, 3.63) is 94.3 Å². The normalized spacial score (nSPS) is 17.2. The van der Waals surface area contributed by atoms with Gasteiger partial charge in [-0.15, -0.1) is 0 Å². The first-order valence-corrected chi connectivity index (χ1v) is 12.3. The van der Waals surface area contributed by atoms with Gasteiger partial charge in [-0.25, -0.2) is 9.37 Å². The van der Waals surface area contributed by atoms with Gasteiger partial charge in [0.2, 0.25) is 0 Å². The Kier molecular flexibility index (Phi) is 6.05. The number of hydrogen-bond donors (Lipinski definition) is 1.